The summed E-state index contributed by atoms with van der Waals surface area (Å²) in [5.74, 6) is -2.10. The molecule has 0 aliphatic rings. The fourth-order valence-corrected chi connectivity index (χ4v) is 2.37. The lowest BCUT2D eigenvalue weighted by molar-refractivity contribution is -0.583. The van der Waals surface area contributed by atoms with Crippen LogP contribution in [0.1, 0.15) is 12.6 Å². The van der Waals surface area contributed by atoms with E-state index in [1.165, 1.54) is 31.1 Å². The van der Waals surface area contributed by atoms with Crippen LogP contribution < -0.4 is 9.62 Å². The lowest BCUT2D eigenvalue weighted by atomic mass is 10.2. The maximum absolute atomic E-state index is 12.4. The number of pyridine rings is 1. The third-order valence-electron chi connectivity index (χ3n) is 3.74. The minimum Gasteiger partial charge on any atom is -0.614 e. The SMILES string of the molecule is CCOC(=O)C(=C\C(=C(\[O-])OC)n1n[n+]2ccccc2c1C)/C=C/C(=O)OC. The van der Waals surface area contributed by atoms with E-state index in [0.717, 1.165) is 11.6 Å². The van der Waals surface area contributed by atoms with Gasteiger partial charge in [-0.15, -0.1) is 4.52 Å². The van der Waals surface area contributed by atoms with Crippen molar-refractivity contribution in [3.63, 3.8) is 0 Å². The first-order valence-electron chi connectivity index (χ1n) is 8.39. The molecule has 9 nitrogen and oxygen atoms in total. The monoisotopic (exact) mass is 387 g/mol. The molecule has 148 valence electrons. The van der Waals surface area contributed by atoms with Crippen molar-refractivity contribution in [3.05, 3.63) is 59.8 Å². The van der Waals surface area contributed by atoms with Gasteiger partial charge in [-0.2, -0.15) is 0 Å². The summed E-state index contributed by atoms with van der Waals surface area (Å²) in [7, 11) is 2.43. The normalized spacial score (nSPS) is 12.8. The number of hydrogen-bond donors (Lipinski definition) is 0. The van der Waals surface area contributed by atoms with Crippen LogP contribution in [0, 0.1) is 6.92 Å². The summed E-state index contributed by atoms with van der Waals surface area (Å²) < 4.78 is 17.3. The second-order valence-corrected chi connectivity index (χ2v) is 5.47. The Morgan fingerprint density at radius 2 is 2.00 bits per heavy atom. The van der Waals surface area contributed by atoms with Crippen molar-refractivity contribution in [1.29, 1.82) is 0 Å². The minimum absolute atomic E-state index is 0.0266. The zero-order valence-electron chi connectivity index (χ0n) is 16.0. The number of carbonyl (C=O) groups excluding carboxylic acids is 2. The number of esters is 2. The van der Waals surface area contributed by atoms with E-state index in [2.05, 4.69) is 9.95 Å². The lowest BCUT2D eigenvalue weighted by Crippen LogP contribution is -2.24. The molecule has 0 saturated carbocycles. The van der Waals surface area contributed by atoms with E-state index < -0.39 is 17.9 Å². The van der Waals surface area contributed by atoms with Crippen LogP contribution >= 0.6 is 0 Å². The number of fused-ring (bicyclic) bond motifs is 1. The Morgan fingerprint density at radius 3 is 2.61 bits per heavy atom. The molecule has 0 amide bonds. The Labute approximate surface area is 161 Å². The van der Waals surface area contributed by atoms with Gasteiger partial charge in [0.25, 0.3) is 0 Å². The van der Waals surface area contributed by atoms with E-state index in [4.69, 9.17) is 9.47 Å². The van der Waals surface area contributed by atoms with E-state index in [1.807, 2.05) is 12.1 Å². The van der Waals surface area contributed by atoms with Crippen molar-refractivity contribution < 1.29 is 33.4 Å². The summed E-state index contributed by atoms with van der Waals surface area (Å²) in [5.41, 5.74) is 1.34. The Bertz CT molecular complexity index is 971. The van der Waals surface area contributed by atoms with Gasteiger partial charge in [-0.05, 0) is 32.2 Å². The zero-order chi connectivity index (χ0) is 20.7. The molecule has 0 saturated heterocycles. The molecule has 0 atom stereocenters. The molecular formula is C19H21N3O6. The van der Waals surface area contributed by atoms with Crippen LogP contribution in [0.25, 0.3) is 11.2 Å². The molecule has 2 rings (SSSR count). The minimum atomic E-state index is -0.718. The topological polar surface area (TPSA) is 107 Å². The molecule has 0 N–H and O–H groups in total. The standard InChI is InChI=1S/C19H21N3O6/c1-5-28-18(24)14(9-10-17(23)26-3)12-16(19(25)27-4)22-13(2)15-8-6-7-11-21(15)20-22/h6-12H,5H2,1-4H3. The van der Waals surface area contributed by atoms with Crippen molar-refractivity contribution in [2.45, 2.75) is 13.8 Å². The highest BCUT2D eigenvalue weighted by Crippen LogP contribution is 2.17. The number of rotatable bonds is 7. The van der Waals surface area contributed by atoms with Gasteiger partial charge in [0.15, 0.2) is 16.9 Å². The van der Waals surface area contributed by atoms with E-state index >= 15 is 0 Å². The highest BCUT2D eigenvalue weighted by molar-refractivity contribution is 5.96. The molecule has 2 aromatic heterocycles. The number of carbonyl (C=O) groups is 2. The number of aryl methyl sites for hydroxylation is 1. The molecule has 0 aliphatic heterocycles. The van der Waals surface area contributed by atoms with Crippen molar-refractivity contribution in [3.8, 4) is 0 Å². The van der Waals surface area contributed by atoms with E-state index in [-0.39, 0.29) is 17.9 Å². The summed E-state index contributed by atoms with van der Waals surface area (Å²) in [4.78, 5) is 23.7. The van der Waals surface area contributed by atoms with Crippen LogP contribution in [0.5, 0.6) is 0 Å². The summed E-state index contributed by atoms with van der Waals surface area (Å²) in [6.07, 6.45) is 5.24. The van der Waals surface area contributed by atoms with Gasteiger partial charge < -0.3 is 19.3 Å². The summed E-state index contributed by atoms with van der Waals surface area (Å²) in [6.45, 7) is 3.54. The van der Waals surface area contributed by atoms with Gasteiger partial charge in [-0.25, -0.2) is 9.59 Å². The number of methoxy groups -OCH3 is 2. The van der Waals surface area contributed by atoms with E-state index in [9.17, 15) is 14.7 Å². The largest absolute Gasteiger partial charge is 0.614 e. The first-order valence-corrected chi connectivity index (χ1v) is 8.39. The fraction of sp³-hybridized carbons (Fsp3) is 0.263. The number of aromatic nitrogens is 3. The van der Waals surface area contributed by atoms with Gasteiger partial charge >= 0.3 is 11.9 Å². The first-order chi connectivity index (χ1) is 13.4. The fourth-order valence-electron chi connectivity index (χ4n) is 2.37. The zero-order valence-corrected chi connectivity index (χ0v) is 16.0. The van der Waals surface area contributed by atoms with Gasteiger partial charge in [-0.1, -0.05) is 10.7 Å². The molecule has 28 heavy (non-hydrogen) atoms. The average molecular weight is 387 g/mol. The number of nitrogens with zero attached hydrogens (tertiary/aromatic N) is 3. The predicted octanol–water partition coefficient (Wildman–Crippen LogP) is 0.282. The van der Waals surface area contributed by atoms with Crippen LogP contribution in [0.2, 0.25) is 0 Å². The van der Waals surface area contributed by atoms with Gasteiger partial charge in [-0.3, -0.25) is 0 Å². The van der Waals surface area contributed by atoms with Crippen LogP contribution in [0.4, 0.5) is 0 Å². The third kappa shape index (κ3) is 4.56. The summed E-state index contributed by atoms with van der Waals surface area (Å²) in [5, 5.41) is 16.7. The molecule has 9 heteroatoms. The number of hydrogen-bond acceptors (Lipinski definition) is 7. The summed E-state index contributed by atoms with van der Waals surface area (Å²) in [6, 6.07) is 5.46. The Balaban J connectivity index is 2.64. The van der Waals surface area contributed by atoms with Gasteiger partial charge in [0.1, 0.15) is 17.4 Å². The second kappa shape index (κ2) is 9.36. The highest BCUT2D eigenvalue weighted by atomic mass is 16.6. The highest BCUT2D eigenvalue weighted by Gasteiger charge is 2.21. The number of allylic oxidation sites excluding steroid dienone is 2. The van der Waals surface area contributed by atoms with E-state index in [0.29, 0.717) is 5.69 Å². The van der Waals surface area contributed by atoms with Crippen molar-refractivity contribution in [1.82, 2.24) is 9.90 Å². The average Bonchev–Trinajstić information content (AvgIpc) is 3.04. The van der Waals surface area contributed by atoms with Crippen LogP contribution in [-0.4, -0.2) is 42.7 Å². The maximum Gasteiger partial charge on any atom is 0.338 e. The Morgan fingerprint density at radius 1 is 1.25 bits per heavy atom. The molecule has 2 aromatic rings. The van der Waals surface area contributed by atoms with Gasteiger partial charge in [0.05, 0.1) is 19.3 Å². The molecule has 0 spiro atoms. The van der Waals surface area contributed by atoms with Crippen LogP contribution in [-0.2, 0) is 23.8 Å². The van der Waals surface area contributed by atoms with Gasteiger partial charge in [0.2, 0.25) is 0 Å². The molecule has 0 bridgehead atoms. The molecule has 0 aliphatic carbocycles. The molecule has 0 aromatic carbocycles. The quantitative estimate of drug-likeness (QED) is 0.221. The molecular weight excluding hydrogens is 366 g/mol. The smallest absolute Gasteiger partial charge is 0.338 e. The summed E-state index contributed by atoms with van der Waals surface area (Å²) >= 11 is 0. The Kier molecular flexibility index (Phi) is 6.91. The third-order valence-corrected chi connectivity index (χ3v) is 3.74. The van der Waals surface area contributed by atoms with Gasteiger partial charge in [0, 0.05) is 19.1 Å². The molecule has 0 radical (unpaired) electrons. The molecule has 2 heterocycles. The molecule has 0 fully saturated rings. The predicted molar refractivity (Wildman–Crippen MR) is 96.2 cm³/mol. The molecule has 0 unspecified atom stereocenters. The van der Waals surface area contributed by atoms with Crippen molar-refractivity contribution in [2.24, 2.45) is 0 Å². The van der Waals surface area contributed by atoms with Crippen molar-refractivity contribution in [2.75, 3.05) is 20.8 Å². The first kappa shape index (κ1) is 20.7. The van der Waals surface area contributed by atoms with Crippen LogP contribution in [0.3, 0.4) is 0 Å². The van der Waals surface area contributed by atoms with Crippen molar-refractivity contribution >= 4 is 23.2 Å². The van der Waals surface area contributed by atoms with E-state index in [1.54, 1.807) is 30.6 Å². The maximum atomic E-state index is 12.4. The Hall–Kier alpha value is -3.62. The van der Waals surface area contributed by atoms with Crippen LogP contribution in [0.15, 0.2) is 54.1 Å². The lowest BCUT2D eigenvalue weighted by Gasteiger charge is -2.11. The second-order valence-electron chi connectivity index (χ2n) is 5.47. The number of ether oxygens (including phenoxy) is 3.